The van der Waals surface area contributed by atoms with Crippen molar-refractivity contribution in [2.24, 2.45) is 0 Å². The Morgan fingerprint density at radius 3 is 2.57 bits per heavy atom. The Morgan fingerprint density at radius 2 is 2.00 bits per heavy atom. The number of nitrogens with one attached hydrogen (secondary N) is 2. The maximum absolute atomic E-state index is 12.9. The third-order valence-corrected chi connectivity index (χ3v) is 2.92. The molecular weight excluding hydrogens is 285 g/mol. The molecule has 0 aliphatic rings. The molecule has 1 aromatic carbocycles. The monoisotopic (exact) mass is 304 g/mol. The second-order valence-electron chi connectivity index (χ2n) is 4.46. The van der Waals surface area contributed by atoms with E-state index in [1.54, 1.807) is 7.11 Å². The first-order chi connectivity index (χ1) is 9.90. The molecule has 0 bridgehead atoms. The summed E-state index contributed by atoms with van der Waals surface area (Å²) in [4.78, 5) is 11.8. The molecule has 0 saturated heterocycles. The maximum Gasteiger partial charge on any atom is 0.418 e. The van der Waals surface area contributed by atoms with Crippen LogP contribution in [0.1, 0.15) is 28.8 Å². The second-order valence-corrected chi connectivity index (χ2v) is 4.46. The van der Waals surface area contributed by atoms with Crippen LogP contribution in [0.3, 0.4) is 0 Å². The number of ether oxygens (including phenoxy) is 1. The lowest BCUT2D eigenvalue weighted by Crippen LogP contribution is -2.25. The summed E-state index contributed by atoms with van der Waals surface area (Å²) in [5, 5.41) is 5.06. The van der Waals surface area contributed by atoms with Crippen molar-refractivity contribution < 1.29 is 22.7 Å². The van der Waals surface area contributed by atoms with Gasteiger partial charge in [-0.25, -0.2) is 0 Å². The first kappa shape index (κ1) is 17.3. The number of methoxy groups -OCH3 is 1. The van der Waals surface area contributed by atoms with Crippen LogP contribution < -0.4 is 10.6 Å². The summed E-state index contributed by atoms with van der Waals surface area (Å²) >= 11 is 0. The molecule has 0 aliphatic carbocycles. The summed E-state index contributed by atoms with van der Waals surface area (Å²) in [6.07, 6.45) is -3.02. The topological polar surface area (TPSA) is 50.4 Å². The minimum absolute atomic E-state index is 0.00642. The molecule has 2 N–H and O–H groups in total. The minimum Gasteiger partial charge on any atom is -0.388 e. The lowest BCUT2D eigenvalue weighted by atomic mass is 10.1. The summed E-state index contributed by atoms with van der Waals surface area (Å²) in [7, 11) is 2.99. The molecule has 1 aromatic rings. The minimum atomic E-state index is -4.51. The molecule has 7 heteroatoms. The normalized spacial score (nSPS) is 11.3. The van der Waals surface area contributed by atoms with E-state index in [9.17, 15) is 18.0 Å². The van der Waals surface area contributed by atoms with E-state index in [0.29, 0.717) is 19.6 Å². The largest absolute Gasteiger partial charge is 0.418 e. The van der Waals surface area contributed by atoms with Gasteiger partial charge in [0.1, 0.15) is 0 Å². The number of alkyl halides is 3. The molecule has 0 heterocycles. The quantitative estimate of drug-likeness (QED) is 0.762. The Labute approximate surface area is 121 Å². The average molecular weight is 304 g/mol. The molecule has 0 saturated carbocycles. The van der Waals surface area contributed by atoms with Gasteiger partial charge in [-0.2, -0.15) is 13.2 Å². The van der Waals surface area contributed by atoms with E-state index in [-0.39, 0.29) is 11.3 Å². The van der Waals surface area contributed by atoms with Gasteiger partial charge >= 0.3 is 6.18 Å². The maximum atomic E-state index is 12.9. The van der Waals surface area contributed by atoms with Crippen LogP contribution in [-0.4, -0.2) is 33.2 Å². The number of amides is 1. The number of hydrogen-bond acceptors (Lipinski definition) is 3. The fraction of sp³-hybridized carbons (Fsp3) is 0.500. The van der Waals surface area contributed by atoms with Gasteiger partial charge in [0.25, 0.3) is 5.91 Å². The highest BCUT2D eigenvalue weighted by atomic mass is 19.4. The van der Waals surface area contributed by atoms with Crippen LogP contribution >= 0.6 is 0 Å². The van der Waals surface area contributed by atoms with Crippen LogP contribution in [0.2, 0.25) is 0 Å². The lowest BCUT2D eigenvalue weighted by Gasteiger charge is -2.14. The molecule has 1 amide bonds. The van der Waals surface area contributed by atoms with Gasteiger partial charge in [-0.05, 0) is 31.0 Å². The molecular formula is C14H19F3N2O2. The molecule has 0 aromatic heterocycles. The van der Waals surface area contributed by atoms with E-state index in [0.717, 1.165) is 12.5 Å². The molecule has 21 heavy (non-hydrogen) atoms. The van der Waals surface area contributed by atoms with Gasteiger partial charge in [-0.3, -0.25) is 4.79 Å². The highest BCUT2D eigenvalue weighted by Crippen LogP contribution is 2.35. The molecule has 0 spiro atoms. The van der Waals surface area contributed by atoms with E-state index in [4.69, 9.17) is 4.74 Å². The highest BCUT2D eigenvalue weighted by Gasteiger charge is 2.34. The molecule has 118 valence electrons. The molecule has 0 fully saturated rings. The molecule has 4 nitrogen and oxygen atoms in total. The Morgan fingerprint density at radius 1 is 1.29 bits per heavy atom. The third kappa shape index (κ3) is 5.26. The van der Waals surface area contributed by atoms with Crippen LogP contribution in [0.15, 0.2) is 18.2 Å². The molecule has 0 aliphatic heterocycles. The zero-order chi connectivity index (χ0) is 15.9. The van der Waals surface area contributed by atoms with E-state index in [1.165, 1.54) is 19.2 Å². The van der Waals surface area contributed by atoms with Crippen molar-refractivity contribution in [2.45, 2.75) is 19.0 Å². The van der Waals surface area contributed by atoms with E-state index < -0.39 is 17.6 Å². The summed E-state index contributed by atoms with van der Waals surface area (Å²) in [5.74, 6) is -0.513. The SMILES string of the molecule is CNc1ccc(C(=O)NCCCCOC)cc1C(F)(F)F. The predicted molar refractivity (Wildman–Crippen MR) is 74.4 cm³/mol. The number of hydrogen-bond donors (Lipinski definition) is 2. The van der Waals surface area contributed by atoms with Crippen molar-refractivity contribution in [3.05, 3.63) is 29.3 Å². The van der Waals surface area contributed by atoms with Crippen molar-refractivity contribution in [3.63, 3.8) is 0 Å². The fourth-order valence-corrected chi connectivity index (χ4v) is 1.81. The number of carbonyl (C=O) groups excluding carboxylic acids is 1. The van der Waals surface area contributed by atoms with Gasteiger partial charge in [0.15, 0.2) is 0 Å². The Hall–Kier alpha value is -1.76. The number of unbranched alkanes of at least 4 members (excludes halogenated alkanes) is 1. The summed E-state index contributed by atoms with van der Waals surface area (Å²) < 4.78 is 43.5. The second kappa shape index (κ2) is 7.87. The van der Waals surface area contributed by atoms with Gasteiger partial charge in [0, 0.05) is 38.6 Å². The Bertz CT molecular complexity index is 476. The number of rotatable bonds is 7. The predicted octanol–water partition coefficient (Wildman–Crippen LogP) is 2.90. The van der Waals surface area contributed by atoms with Crippen molar-refractivity contribution >= 4 is 11.6 Å². The fourth-order valence-electron chi connectivity index (χ4n) is 1.81. The Balaban J connectivity index is 2.73. The molecule has 0 unspecified atom stereocenters. The van der Waals surface area contributed by atoms with Crippen LogP contribution in [0.5, 0.6) is 0 Å². The van der Waals surface area contributed by atoms with Crippen LogP contribution in [0.4, 0.5) is 18.9 Å². The average Bonchev–Trinajstić information content (AvgIpc) is 2.45. The summed E-state index contributed by atoms with van der Waals surface area (Å²) in [5.41, 5.74) is -0.913. The van der Waals surface area contributed by atoms with Gasteiger partial charge in [0.2, 0.25) is 0 Å². The first-order valence-corrected chi connectivity index (χ1v) is 6.56. The molecule has 0 atom stereocenters. The van der Waals surface area contributed by atoms with Crippen LogP contribution in [-0.2, 0) is 10.9 Å². The van der Waals surface area contributed by atoms with Crippen molar-refractivity contribution in [2.75, 3.05) is 32.6 Å². The van der Waals surface area contributed by atoms with Gasteiger partial charge in [-0.15, -0.1) is 0 Å². The van der Waals surface area contributed by atoms with E-state index in [2.05, 4.69) is 10.6 Å². The Kier molecular flexibility index (Phi) is 6.48. The number of benzene rings is 1. The van der Waals surface area contributed by atoms with E-state index in [1.807, 2.05) is 0 Å². The third-order valence-electron chi connectivity index (χ3n) is 2.92. The van der Waals surface area contributed by atoms with Crippen molar-refractivity contribution in [1.29, 1.82) is 0 Å². The highest BCUT2D eigenvalue weighted by molar-refractivity contribution is 5.94. The zero-order valence-electron chi connectivity index (χ0n) is 12.0. The zero-order valence-corrected chi connectivity index (χ0v) is 12.0. The number of carbonyl (C=O) groups is 1. The van der Waals surface area contributed by atoms with Gasteiger partial charge in [-0.1, -0.05) is 0 Å². The number of anilines is 1. The summed E-state index contributed by atoms with van der Waals surface area (Å²) in [6.45, 7) is 0.988. The van der Waals surface area contributed by atoms with Gasteiger partial charge < -0.3 is 15.4 Å². The van der Waals surface area contributed by atoms with Gasteiger partial charge in [0.05, 0.1) is 5.56 Å². The lowest BCUT2D eigenvalue weighted by molar-refractivity contribution is -0.136. The number of halogens is 3. The van der Waals surface area contributed by atoms with Crippen molar-refractivity contribution in [3.8, 4) is 0 Å². The first-order valence-electron chi connectivity index (χ1n) is 6.56. The summed E-state index contributed by atoms with van der Waals surface area (Å²) in [6, 6.07) is 3.48. The molecule has 1 rings (SSSR count). The van der Waals surface area contributed by atoms with Crippen LogP contribution in [0.25, 0.3) is 0 Å². The standard InChI is InChI=1S/C14H19F3N2O2/c1-18-12-6-5-10(9-11(12)14(15,16)17)13(20)19-7-3-4-8-21-2/h5-6,9,18H,3-4,7-8H2,1-2H3,(H,19,20). The van der Waals surface area contributed by atoms with E-state index >= 15 is 0 Å². The van der Waals surface area contributed by atoms with Crippen LogP contribution in [0, 0.1) is 0 Å². The smallest absolute Gasteiger partial charge is 0.388 e. The molecule has 0 radical (unpaired) electrons. The van der Waals surface area contributed by atoms with Crippen molar-refractivity contribution in [1.82, 2.24) is 5.32 Å².